The molecule has 1 N–H and O–H groups in total. The second kappa shape index (κ2) is 5.59. The first-order chi connectivity index (χ1) is 8.74. The number of rotatable bonds is 5. The molecule has 0 saturated heterocycles. The fraction of sp³-hybridized carbons (Fsp3) is 0.417. The normalized spacial score (nSPS) is 10.8. The van der Waals surface area contributed by atoms with E-state index in [4.69, 9.17) is 4.74 Å². The number of nitrogens with one attached hydrogen (secondary N) is 1. The first-order valence-electron chi connectivity index (χ1n) is 5.87. The van der Waals surface area contributed by atoms with Crippen LogP contribution in [0.5, 0.6) is 0 Å². The standard InChI is InChI=1S/C12H16N4O2/c1-3-10-14-12-9(5-4-7-16(12)15-10)13-11(17)6-8-18-2/h4-5,7H,3,6,8H2,1-2H3,(H,13,17). The summed E-state index contributed by atoms with van der Waals surface area (Å²) in [6.45, 7) is 2.40. The smallest absolute Gasteiger partial charge is 0.226 e. The van der Waals surface area contributed by atoms with Gasteiger partial charge in [0, 0.05) is 19.7 Å². The molecule has 6 nitrogen and oxygen atoms in total. The Morgan fingerprint density at radius 3 is 3.11 bits per heavy atom. The molecule has 2 heterocycles. The van der Waals surface area contributed by atoms with E-state index in [0.717, 1.165) is 12.2 Å². The summed E-state index contributed by atoms with van der Waals surface area (Å²) >= 11 is 0. The highest BCUT2D eigenvalue weighted by atomic mass is 16.5. The zero-order chi connectivity index (χ0) is 13.0. The Hall–Kier alpha value is -1.95. The van der Waals surface area contributed by atoms with E-state index >= 15 is 0 Å². The molecule has 2 aromatic heterocycles. The number of amides is 1. The van der Waals surface area contributed by atoms with Crippen LogP contribution in [-0.2, 0) is 16.0 Å². The van der Waals surface area contributed by atoms with Crippen molar-refractivity contribution in [3.63, 3.8) is 0 Å². The quantitative estimate of drug-likeness (QED) is 0.865. The number of methoxy groups -OCH3 is 1. The summed E-state index contributed by atoms with van der Waals surface area (Å²) in [4.78, 5) is 16.0. The van der Waals surface area contributed by atoms with E-state index < -0.39 is 0 Å². The van der Waals surface area contributed by atoms with Crippen molar-refractivity contribution in [1.29, 1.82) is 0 Å². The van der Waals surface area contributed by atoms with Gasteiger partial charge in [0.05, 0.1) is 18.7 Å². The molecule has 0 aromatic carbocycles. The molecule has 0 aliphatic heterocycles. The lowest BCUT2D eigenvalue weighted by Gasteiger charge is -2.05. The van der Waals surface area contributed by atoms with Crippen molar-refractivity contribution in [3.8, 4) is 0 Å². The van der Waals surface area contributed by atoms with Crippen molar-refractivity contribution in [1.82, 2.24) is 14.6 Å². The van der Waals surface area contributed by atoms with Crippen LogP contribution in [0.3, 0.4) is 0 Å². The molecule has 0 spiro atoms. The Labute approximate surface area is 105 Å². The maximum absolute atomic E-state index is 11.6. The Balaban J connectivity index is 2.22. The maximum atomic E-state index is 11.6. The molecule has 0 unspecified atom stereocenters. The summed E-state index contributed by atoms with van der Waals surface area (Å²) < 4.78 is 6.54. The third kappa shape index (κ3) is 2.65. The van der Waals surface area contributed by atoms with Crippen molar-refractivity contribution >= 4 is 17.2 Å². The summed E-state index contributed by atoms with van der Waals surface area (Å²) in [7, 11) is 1.57. The van der Waals surface area contributed by atoms with Gasteiger partial charge in [-0.25, -0.2) is 9.50 Å². The van der Waals surface area contributed by atoms with E-state index in [1.165, 1.54) is 0 Å². The lowest BCUT2D eigenvalue weighted by molar-refractivity contribution is -0.117. The molecule has 1 amide bonds. The van der Waals surface area contributed by atoms with Crippen molar-refractivity contribution in [2.24, 2.45) is 0 Å². The number of hydrogen-bond donors (Lipinski definition) is 1. The van der Waals surface area contributed by atoms with Crippen LogP contribution in [0.25, 0.3) is 5.65 Å². The Morgan fingerprint density at radius 2 is 2.39 bits per heavy atom. The zero-order valence-electron chi connectivity index (χ0n) is 10.5. The van der Waals surface area contributed by atoms with E-state index in [2.05, 4.69) is 15.4 Å². The van der Waals surface area contributed by atoms with Crippen molar-refractivity contribution in [2.75, 3.05) is 19.0 Å². The van der Waals surface area contributed by atoms with Gasteiger partial charge in [0.25, 0.3) is 0 Å². The van der Waals surface area contributed by atoms with Gasteiger partial charge in [0.15, 0.2) is 11.5 Å². The minimum atomic E-state index is -0.0917. The van der Waals surface area contributed by atoms with E-state index in [1.807, 2.05) is 25.3 Å². The van der Waals surface area contributed by atoms with Gasteiger partial charge in [0.1, 0.15) is 0 Å². The van der Waals surface area contributed by atoms with Gasteiger partial charge in [0.2, 0.25) is 5.91 Å². The van der Waals surface area contributed by atoms with Crippen LogP contribution >= 0.6 is 0 Å². The topological polar surface area (TPSA) is 68.5 Å². The van der Waals surface area contributed by atoms with Gasteiger partial charge in [-0.3, -0.25) is 4.79 Å². The van der Waals surface area contributed by atoms with Crippen LogP contribution in [0, 0.1) is 0 Å². The number of nitrogens with zero attached hydrogens (tertiary/aromatic N) is 3. The molecule has 0 bridgehead atoms. The number of aryl methyl sites for hydroxylation is 1. The molecule has 2 aromatic rings. The second-order valence-electron chi connectivity index (χ2n) is 3.86. The van der Waals surface area contributed by atoms with E-state index in [-0.39, 0.29) is 5.91 Å². The first kappa shape index (κ1) is 12.5. The molecule has 2 rings (SSSR count). The predicted octanol–water partition coefficient (Wildman–Crippen LogP) is 1.27. The molecule has 0 aliphatic rings. The fourth-order valence-corrected chi connectivity index (χ4v) is 1.61. The van der Waals surface area contributed by atoms with Crippen LogP contribution in [0.15, 0.2) is 18.3 Å². The summed E-state index contributed by atoms with van der Waals surface area (Å²) in [5.41, 5.74) is 1.34. The second-order valence-corrected chi connectivity index (χ2v) is 3.86. The van der Waals surface area contributed by atoms with E-state index in [0.29, 0.717) is 24.4 Å². The van der Waals surface area contributed by atoms with Crippen LogP contribution < -0.4 is 5.32 Å². The summed E-state index contributed by atoms with van der Waals surface area (Å²) in [5.74, 6) is 0.666. The number of carbonyl (C=O) groups excluding carboxylic acids is 1. The SMILES string of the molecule is CCc1nc2c(NC(=O)CCOC)cccn2n1. The number of carbonyl (C=O) groups is 1. The number of hydrogen-bond acceptors (Lipinski definition) is 4. The van der Waals surface area contributed by atoms with Crippen molar-refractivity contribution in [3.05, 3.63) is 24.2 Å². The minimum Gasteiger partial charge on any atom is -0.384 e. The molecule has 0 saturated carbocycles. The number of fused-ring (bicyclic) bond motifs is 1. The fourth-order valence-electron chi connectivity index (χ4n) is 1.61. The average molecular weight is 248 g/mol. The van der Waals surface area contributed by atoms with Crippen LogP contribution in [0.4, 0.5) is 5.69 Å². The largest absolute Gasteiger partial charge is 0.384 e. The molecule has 18 heavy (non-hydrogen) atoms. The van der Waals surface area contributed by atoms with Gasteiger partial charge in [-0.05, 0) is 12.1 Å². The predicted molar refractivity (Wildman–Crippen MR) is 67.5 cm³/mol. The highest BCUT2D eigenvalue weighted by molar-refractivity contribution is 5.94. The van der Waals surface area contributed by atoms with Crippen LogP contribution in [-0.4, -0.2) is 34.2 Å². The Bertz CT molecular complexity index is 550. The van der Waals surface area contributed by atoms with E-state index in [9.17, 15) is 4.79 Å². The van der Waals surface area contributed by atoms with Crippen molar-refractivity contribution < 1.29 is 9.53 Å². The number of aromatic nitrogens is 3. The summed E-state index contributed by atoms with van der Waals surface area (Å²) in [6, 6.07) is 3.64. The van der Waals surface area contributed by atoms with Gasteiger partial charge in [-0.15, -0.1) is 0 Å². The molecule has 6 heteroatoms. The molecule has 0 atom stereocenters. The first-order valence-corrected chi connectivity index (χ1v) is 5.87. The van der Waals surface area contributed by atoms with Gasteiger partial charge < -0.3 is 10.1 Å². The number of anilines is 1. The number of pyridine rings is 1. The number of ether oxygens (including phenoxy) is 1. The van der Waals surface area contributed by atoms with Crippen molar-refractivity contribution in [2.45, 2.75) is 19.8 Å². The molecule has 0 radical (unpaired) electrons. The molecular formula is C12H16N4O2. The third-order valence-corrected chi connectivity index (χ3v) is 2.53. The highest BCUT2D eigenvalue weighted by Crippen LogP contribution is 2.15. The zero-order valence-corrected chi connectivity index (χ0v) is 10.5. The molecule has 0 fully saturated rings. The lowest BCUT2D eigenvalue weighted by atomic mass is 10.3. The monoisotopic (exact) mass is 248 g/mol. The van der Waals surface area contributed by atoms with Crippen LogP contribution in [0.2, 0.25) is 0 Å². The van der Waals surface area contributed by atoms with Crippen LogP contribution in [0.1, 0.15) is 19.2 Å². The van der Waals surface area contributed by atoms with E-state index in [1.54, 1.807) is 11.6 Å². The molecule has 0 aliphatic carbocycles. The Morgan fingerprint density at radius 1 is 1.56 bits per heavy atom. The average Bonchev–Trinajstić information content (AvgIpc) is 2.80. The molecule has 96 valence electrons. The van der Waals surface area contributed by atoms with Gasteiger partial charge in [-0.1, -0.05) is 6.92 Å². The minimum absolute atomic E-state index is 0.0917. The summed E-state index contributed by atoms with van der Waals surface area (Å²) in [5, 5.41) is 7.11. The highest BCUT2D eigenvalue weighted by Gasteiger charge is 2.09. The van der Waals surface area contributed by atoms with Gasteiger partial charge in [-0.2, -0.15) is 5.10 Å². The Kier molecular flexibility index (Phi) is 3.88. The lowest BCUT2D eigenvalue weighted by Crippen LogP contribution is -2.14. The summed E-state index contributed by atoms with van der Waals surface area (Å²) in [6.07, 6.45) is 2.90. The maximum Gasteiger partial charge on any atom is 0.226 e. The molecular weight excluding hydrogens is 232 g/mol. The van der Waals surface area contributed by atoms with Gasteiger partial charge >= 0.3 is 0 Å². The third-order valence-electron chi connectivity index (χ3n) is 2.53.